The molecule has 5 heteroatoms. The largest absolute Gasteiger partial charge is 0.459 e. The molecule has 1 saturated carbocycles. The average Bonchev–Trinajstić information content (AvgIpc) is 2.91. The van der Waals surface area contributed by atoms with Crippen LogP contribution in [0.4, 0.5) is 4.79 Å². The van der Waals surface area contributed by atoms with E-state index in [9.17, 15) is 9.90 Å². The summed E-state index contributed by atoms with van der Waals surface area (Å²) in [6, 6.07) is 9.85. The van der Waals surface area contributed by atoms with Crippen molar-refractivity contribution in [1.29, 1.82) is 0 Å². The van der Waals surface area contributed by atoms with Crippen molar-refractivity contribution in [2.24, 2.45) is 0 Å². The highest BCUT2D eigenvalue weighted by Crippen LogP contribution is 2.21. The third-order valence-corrected chi connectivity index (χ3v) is 4.24. The fourth-order valence-electron chi connectivity index (χ4n) is 2.93. The Balaban J connectivity index is 1.56. The van der Waals surface area contributed by atoms with E-state index in [-0.39, 0.29) is 18.2 Å². The number of benzene rings is 1. The van der Waals surface area contributed by atoms with Crippen LogP contribution in [0.5, 0.6) is 0 Å². The zero-order valence-electron chi connectivity index (χ0n) is 12.8. The molecule has 2 amide bonds. The van der Waals surface area contributed by atoms with E-state index < -0.39 is 0 Å². The standard InChI is InChI=1S/C17H22N2O3/c1-19(17(21)18-13-6-8-14(20)9-7-13)11-15-10-12-4-2-3-5-16(12)22-15/h2-5,10,13-14,20H,6-9,11H2,1H3,(H,18,21). The number of aliphatic hydroxyl groups excluding tert-OH is 1. The van der Waals surface area contributed by atoms with Crippen LogP contribution in [0.1, 0.15) is 31.4 Å². The Morgan fingerprint density at radius 1 is 1.32 bits per heavy atom. The van der Waals surface area contributed by atoms with E-state index >= 15 is 0 Å². The van der Waals surface area contributed by atoms with Crippen LogP contribution in [0, 0.1) is 0 Å². The summed E-state index contributed by atoms with van der Waals surface area (Å²) in [4.78, 5) is 13.9. The molecule has 2 N–H and O–H groups in total. The van der Waals surface area contributed by atoms with E-state index in [0.29, 0.717) is 6.54 Å². The van der Waals surface area contributed by atoms with Gasteiger partial charge in [0.15, 0.2) is 0 Å². The molecule has 22 heavy (non-hydrogen) atoms. The number of carbonyl (C=O) groups is 1. The van der Waals surface area contributed by atoms with Gasteiger partial charge in [-0.05, 0) is 37.8 Å². The zero-order chi connectivity index (χ0) is 15.5. The predicted octanol–water partition coefficient (Wildman–Crippen LogP) is 2.88. The number of hydrogen-bond donors (Lipinski definition) is 2. The van der Waals surface area contributed by atoms with E-state index in [1.54, 1.807) is 11.9 Å². The van der Waals surface area contributed by atoms with Crippen LogP contribution in [0.3, 0.4) is 0 Å². The summed E-state index contributed by atoms with van der Waals surface area (Å²) < 4.78 is 5.74. The predicted molar refractivity (Wildman–Crippen MR) is 84.5 cm³/mol. The van der Waals surface area contributed by atoms with Crippen molar-refractivity contribution in [2.75, 3.05) is 7.05 Å². The average molecular weight is 302 g/mol. The van der Waals surface area contributed by atoms with Gasteiger partial charge in [0.05, 0.1) is 12.6 Å². The molecule has 0 unspecified atom stereocenters. The number of hydrogen-bond acceptors (Lipinski definition) is 3. The third-order valence-electron chi connectivity index (χ3n) is 4.24. The van der Waals surface area contributed by atoms with Crippen LogP contribution in [-0.4, -0.2) is 35.2 Å². The van der Waals surface area contributed by atoms with E-state index in [1.807, 2.05) is 30.3 Å². The minimum Gasteiger partial charge on any atom is -0.459 e. The van der Waals surface area contributed by atoms with Gasteiger partial charge in [-0.3, -0.25) is 0 Å². The van der Waals surface area contributed by atoms with Gasteiger partial charge >= 0.3 is 6.03 Å². The number of aliphatic hydroxyl groups is 1. The molecule has 5 nitrogen and oxygen atoms in total. The Kier molecular flexibility index (Phi) is 4.34. The Hall–Kier alpha value is -2.01. The van der Waals surface area contributed by atoms with Crippen LogP contribution in [0.2, 0.25) is 0 Å². The van der Waals surface area contributed by atoms with Crippen molar-refractivity contribution in [2.45, 2.75) is 44.4 Å². The summed E-state index contributed by atoms with van der Waals surface area (Å²) in [7, 11) is 1.76. The quantitative estimate of drug-likeness (QED) is 0.916. The molecule has 1 heterocycles. The van der Waals surface area contributed by atoms with Crippen molar-refractivity contribution >= 4 is 17.0 Å². The molecule has 2 aromatic rings. The molecule has 1 aromatic carbocycles. The minimum absolute atomic E-state index is 0.0955. The number of fused-ring (bicyclic) bond motifs is 1. The summed E-state index contributed by atoms with van der Waals surface area (Å²) in [5.74, 6) is 0.776. The molecule has 0 bridgehead atoms. The molecule has 1 aliphatic carbocycles. The normalized spacial score (nSPS) is 21.7. The lowest BCUT2D eigenvalue weighted by Crippen LogP contribution is -2.44. The first-order valence-electron chi connectivity index (χ1n) is 7.79. The number of carbonyl (C=O) groups excluding carboxylic acids is 1. The van der Waals surface area contributed by atoms with Crippen LogP contribution < -0.4 is 5.32 Å². The van der Waals surface area contributed by atoms with Crippen molar-refractivity contribution in [3.05, 3.63) is 36.1 Å². The van der Waals surface area contributed by atoms with Gasteiger partial charge in [-0.15, -0.1) is 0 Å². The van der Waals surface area contributed by atoms with Crippen molar-refractivity contribution in [1.82, 2.24) is 10.2 Å². The van der Waals surface area contributed by atoms with E-state index in [0.717, 1.165) is 42.4 Å². The lowest BCUT2D eigenvalue weighted by Gasteiger charge is -2.28. The fraction of sp³-hybridized carbons (Fsp3) is 0.471. The van der Waals surface area contributed by atoms with Gasteiger partial charge in [-0.1, -0.05) is 18.2 Å². The third kappa shape index (κ3) is 3.42. The minimum atomic E-state index is -0.207. The number of para-hydroxylation sites is 1. The summed E-state index contributed by atoms with van der Waals surface area (Å²) in [6.07, 6.45) is 2.99. The van der Waals surface area contributed by atoms with Gasteiger partial charge in [-0.25, -0.2) is 4.79 Å². The molecule has 0 spiro atoms. The van der Waals surface area contributed by atoms with Gasteiger partial charge in [0.1, 0.15) is 11.3 Å². The van der Waals surface area contributed by atoms with Crippen LogP contribution in [-0.2, 0) is 6.54 Å². The Morgan fingerprint density at radius 3 is 2.77 bits per heavy atom. The van der Waals surface area contributed by atoms with E-state index in [1.165, 1.54) is 0 Å². The lowest BCUT2D eigenvalue weighted by atomic mass is 9.93. The highest BCUT2D eigenvalue weighted by Gasteiger charge is 2.22. The second-order valence-electron chi connectivity index (χ2n) is 6.06. The number of urea groups is 1. The number of nitrogens with zero attached hydrogens (tertiary/aromatic N) is 1. The number of rotatable bonds is 3. The summed E-state index contributed by atoms with van der Waals surface area (Å²) in [5, 5.41) is 13.6. The van der Waals surface area contributed by atoms with Crippen LogP contribution in [0.25, 0.3) is 11.0 Å². The van der Waals surface area contributed by atoms with Crippen molar-refractivity contribution in [3.63, 3.8) is 0 Å². The number of furan rings is 1. The van der Waals surface area contributed by atoms with Gasteiger partial charge in [0.25, 0.3) is 0 Å². The molecule has 0 aliphatic heterocycles. The summed E-state index contributed by atoms with van der Waals surface area (Å²) >= 11 is 0. The summed E-state index contributed by atoms with van der Waals surface area (Å²) in [5.41, 5.74) is 0.840. The van der Waals surface area contributed by atoms with Crippen LogP contribution in [0.15, 0.2) is 34.7 Å². The fourth-order valence-corrected chi connectivity index (χ4v) is 2.93. The van der Waals surface area contributed by atoms with Crippen molar-refractivity contribution in [3.8, 4) is 0 Å². The zero-order valence-corrected chi connectivity index (χ0v) is 12.8. The summed E-state index contributed by atoms with van der Waals surface area (Å²) in [6.45, 7) is 0.440. The smallest absolute Gasteiger partial charge is 0.317 e. The molecule has 0 saturated heterocycles. The topological polar surface area (TPSA) is 65.7 Å². The van der Waals surface area contributed by atoms with E-state index in [2.05, 4.69) is 5.32 Å². The Morgan fingerprint density at radius 2 is 2.05 bits per heavy atom. The first-order valence-corrected chi connectivity index (χ1v) is 7.79. The highest BCUT2D eigenvalue weighted by atomic mass is 16.3. The Bertz CT molecular complexity index is 611. The van der Waals surface area contributed by atoms with Gasteiger partial charge in [-0.2, -0.15) is 0 Å². The molecule has 1 aromatic heterocycles. The lowest BCUT2D eigenvalue weighted by molar-refractivity contribution is 0.115. The molecular formula is C17H22N2O3. The molecule has 1 aliphatic rings. The first kappa shape index (κ1) is 14.9. The molecule has 0 radical (unpaired) electrons. The van der Waals surface area contributed by atoms with Crippen molar-refractivity contribution < 1.29 is 14.3 Å². The molecule has 0 atom stereocenters. The van der Waals surface area contributed by atoms with Gasteiger partial charge in [0, 0.05) is 18.5 Å². The molecule has 3 rings (SSSR count). The second-order valence-corrected chi connectivity index (χ2v) is 6.06. The molecular weight excluding hydrogens is 280 g/mol. The molecule has 1 fully saturated rings. The number of nitrogens with one attached hydrogen (secondary N) is 1. The van der Waals surface area contributed by atoms with Gasteiger partial charge in [0.2, 0.25) is 0 Å². The maximum atomic E-state index is 12.2. The SMILES string of the molecule is CN(Cc1cc2ccccc2o1)C(=O)NC1CCC(O)CC1. The number of amides is 2. The maximum absolute atomic E-state index is 12.2. The van der Waals surface area contributed by atoms with E-state index in [4.69, 9.17) is 4.42 Å². The second kappa shape index (κ2) is 6.40. The first-order chi connectivity index (χ1) is 10.6. The highest BCUT2D eigenvalue weighted by molar-refractivity contribution is 5.78. The van der Waals surface area contributed by atoms with Crippen LogP contribution >= 0.6 is 0 Å². The maximum Gasteiger partial charge on any atom is 0.317 e. The molecule has 118 valence electrons. The monoisotopic (exact) mass is 302 g/mol. The Labute approximate surface area is 129 Å². The van der Waals surface area contributed by atoms with Gasteiger partial charge < -0.3 is 19.7 Å².